The number of phenols is 1. The number of carbonyl (C=O) groups is 1. The maximum Gasteiger partial charge on any atom is 0.319 e. The van der Waals surface area contributed by atoms with Crippen LogP contribution in [0.5, 0.6) is 11.8 Å². The zero-order valence-corrected chi connectivity index (χ0v) is 23.0. The molecule has 1 aromatic heterocycles. The van der Waals surface area contributed by atoms with Crippen LogP contribution in [0, 0.1) is 11.2 Å². The first-order valence-corrected chi connectivity index (χ1v) is 13.8. The molecule has 6 rings (SSSR count). The van der Waals surface area contributed by atoms with Crippen LogP contribution in [-0.2, 0) is 4.79 Å². The van der Waals surface area contributed by atoms with Crippen LogP contribution in [0.2, 0.25) is 0 Å². The minimum absolute atomic E-state index is 0.0679. The van der Waals surface area contributed by atoms with Crippen LogP contribution < -0.4 is 20.3 Å². The molecule has 3 heterocycles. The zero-order valence-electron chi connectivity index (χ0n) is 23.0. The summed E-state index contributed by atoms with van der Waals surface area (Å²) >= 11 is 0. The molecule has 9 heteroatoms. The lowest BCUT2D eigenvalue weighted by molar-refractivity contribution is -0.119. The van der Waals surface area contributed by atoms with E-state index in [4.69, 9.17) is 9.72 Å². The third kappa shape index (κ3) is 5.13. The molecule has 2 unspecified atom stereocenters. The van der Waals surface area contributed by atoms with E-state index in [1.807, 2.05) is 44.2 Å². The van der Waals surface area contributed by atoms with E-state index < -0.39 is 5.82 Å². The Bertz CT molecular complexity index is 1600. The maximum atomic E-state index is 16.5. The zero-order chi connectivity index (χ0) is 28.0. The standard InChI is InChI=1S/C31H34FN5O3/c1-18(38)33-16-31(2,3)17-40-30-35-28-25(29(36-30)37-14-20-8-9-21(15-37)34-20)11-10-24(27(28)32)26-13-22(39)12-19-6-4-5-7-23(19)26/h4-7,10-13,20-21,34,39H,8-9,14-17H2,1-3H3,(H,33,38). The number of aromatic hydroxyl groups is 1. The van der Waals surface area contributed by atoms with E-state index in [1.54, 1.807) is 18.2 Å². The summed E-state index contributed by atoms with van der Waals surface area (Å²) in [6.07, 6.45) is 2.21. The van der Waals surface area contributed by atoms with Gasteiger partial charge < -0.3 is 25.4 Å². The van der Waals surface area contributed by atoms with Crippen LogP contribution in [0.1, 0.15) is 33.6 Å². The molecule has 40 heavy (non-hydrogen) atoms. The maximum absolute atomic E-state index is 16.5. The number of phenolic OH excluding ortho intramolecular Hbond substituents is 1. The second kappa shape index (κ2) is 10.2. The number of aromatic nitrogens is 2. The van der Waals surface area contributed by atoms with Gasteiger partial charge in [0.15, 0.2) is 5.82 Å². The van der Waals surface area contributed by atoms with Gasteiger partial charge in [0.1, 0.15) is 17.1 Å². The smallest absolute Gasteiger partial charge is 0.319 e. The number of ether oxygens (including phenoxy) is 1. The highest BCUT2D eigenvalue weighted by atomic mass is 19.1. The Kier molecular flexibility index (Phi) is 6.70. The Morgan fingerprint density at radius 2 is 1.85 bits per heavy atom. The molecule has 3 N–H and O–H groups in total. The number of hydrogen-bond acceptors (Lipinski definition) is 7. The van der Waals surface area contributed by atoms with Crippen molar-refractivity contribution in [2.24, 2.45) is 5.41 Å². The van der Waals surface area contributed by atoms with E-state index >= 15 is 4.39 Å². The number of piperazine rings is 1. The van der Waals surface area contributed by atoms with E-state index in [9.17, 15) is 9.90 Å². The highest BCUT2D eigenvalue weighted by Gasteiger charge is 2.34. The lowest BCUT2D eigenvalue weighted by Gasteiger charge is -2.34. The summed E-state index contributed by atoms with van der Waals surface area (Å²) in [4.78, 5) is 23.0. The molecule has 0 saturated carbocycles. The van der Waals surface area contributed by atoms with Crippen LogP contribution in [0.15, 0.2) is 48.5 Å². The van der Waals surface area contributed by atoms with Gasteiger partial charge in [-0.3, -0.25) is 4.79 Å². The van der Waals surface area contributed by atoms with Gasteiger partial charge in [0, 0.05) is 55.0 Å². The van der Waals surface area contributed by atoms with E-state index in [0.717, 1.165) is 36.7 Å². The number of amides is 1. The first-order chi connectivity index (χ1) is 19.2. The van der Waals surface area contributed by atoms with Crippen LogP contribution in [0.4, 0.5) is 10.2 Å². The number of nitrogens with one attached hydrogen (secondary N) is 2. The highest BCUT2D eigenvalue weighted by molar-refractivity contribution is 6.01. The van der Waals surface area contributed by atoms with Gasteiger partial charge in [-0.15, -0.1) is 0 Å². The van der Waals surface area contributed by atoms with Crippen molar-refractivity contribution in [2.45, 2.75) is 45.7 Å². The van der Waals surface area contributed by atoms with Crippen molar-refractivity contribution in [1.82, 2.24) is 20.6 Å². The van der Waals surface area contributed by atoms with E-state index in [0.29, 0.717) is 41.0 Å². The van der Waals surface area contributed by atoms with Crippen LogP contribution in [0.3, 0.4) is 0 Å². The van der Waals surface area contributed by atoms with E-state index in [2.05, 4.69) is 20.5 Å². The van der Waals surface area contributed by atoms with Gasteiger partial charge in [-0.05, 0) is 47.4 Å². The quantitative estimate of drug-likeness (QED) is 0.309. The van der Waals surface area contributed by atoms with Crippen LogP contribution in [-0.4, -0.2) is 59.3 Å². The van der Waals surface area contributed by atoms with Gasteiger partial charge in [-0.1, -0.05) is 44.2 Å². The van der Waals surface area contributed by atoms with Crippen LogP contribution >= 0.6 is 0 Å². The molecular formula is C31H34FN5O3. The molecule has 3 aromatic carbocycles. The first-order valence-electron chi connectivity index (χ1n) is 13.8. The van der Waals surface area contributed by atoms with Crippen molar-refractivity contribution in [3.63, 3.8) is 0 Å². The highest BCUT2D eigenvalue weighted by Crippen LogP contribution is 2.39. The molecule has 4 aromatic rings. The third-order valence-electron chi connectivity index (χ3n) is 7.83. The molecule has 2 aliphatic rings. The van der Waals surface area contributed by atoms with Gasteiger partial charge in [0.05, 0.1) is 6.61 Å². The largest absolute Gasteiger partial charge is 0.508 e. The van der Waals surface area contributed by atoms with Gasteiger partial charge in [-0.2, -0.15) is 9.97 Å². The second-order valence-electron chi connectivity index (χ2n) is 11.8. The predicted octanol–water partition coefficient (Wildman–Crippen LogP) is 4.78. The summed E-state index contributed by atoms with van der Waals surface area (Å²) in [6.45, 7) is 7.64. The summed E-state index contributed by atoms with van der Waals surface area (Å²) in [5.41, 5.74) is 0.727. The van der Waals surface area contributed by atoms with Crippen molar-refractivity contribution in [1.29, 1.82) is 0 Å². The molecule has 208 valence electrons. The molecule has 0 radical (unpaired) electrons. The lowest BCUT2D eigenvalue weighted by atomic mass is 9.95. The minimum Gasteiger partial charge on any atom is -0.508 e. The number of fused-ring (bicyclic) bond motifs is 4. The number of carbonyl (C=O) groups excluding carboxylic acids is 1. The first kappa shape index (κ1) is 26.3. The molecule has 2 fully saturated rings. The summed E-state index contributed by atoms with van der Waals surface area (Å²) in [6, 6.07) is 15.3. The van der Waals surface area contributed by atoms with Crippen molar-refractivity contribution in [3.05, 3.63) is 54.3 Å². The Labute approximate surface area is 232 Å². The molecular weight excluding hydrogens is 509 g/mol. The minimum atomic E-state index is -0.489. The SMILES string of the molecule is CC(=O)NCC(C)(C)COc1nc(N2CC3CCC(C2)N3)c2ccc(-c3cc(O)cc4ccccc34)c(F)c2n1. The Morgan fingerprint density at radius 3 is 2.60 bits per heavy atom. The fraction of sp³-hybridized carbons (Fsp3) is 0.387. The number of rotatable bonds is 7. The molecule has 2 bridgehead atoms. The van der Waals surface area contributed by atoms with E-state index in [1.165, 1.54) is 6.92 Å². The molecule has 2 saturated heterocycles. The predicted molar refractivity (Wildman–Crippen MR) is 154 cm³/mol. The summed E-state index contributed by atoms with van der Waals surface area (Å²) in [5.74, 6) is 0.125. The fourth-order valence-corrected chi connectivity index (χ4v) is 5.80. The molecule has 2 aliphatic heterocycles. The molecule has 0 spiro atoms. The third-order valence-corrected chi connectivity index (χ3v) is 7.83. The van der Waals surface area contributed by atoms with Gasteiger partial charge in [-0.25, -0.2) is 4.39 Å². The number of halogens is 1. The van der Waals surface area contributed by atoms with Gasteiger partial charge >= 0.3 is 6.01 Å². The Morgan fingerprint density at radius 1 is 1.10 bits per heavy atom. The Balaban J connectivity index is 1.45. The fourth-order valence-electron chi connectivity index (χ4n) is 5.80. The summed E-state index contributed by atoms with van der Waals surface area (Å²) in [5, 5.41) is 19.2. The normalized spacial score (nSPS) is 18.9. The molecule has 1 amide bonds. The Hall–Kier alpha value is -3.98. The number of benzene rings is 3. The van der Waals surface area contributed by atoms with Gasteiger partial charge in [0.25, 0.3) is 0 Å². The second-order valence-corrected chi connectivity index (χ2v) is 11.8. The monoisotopic (exact) mass is 543 g/mol. The van der Waals surface area contributed by atoms with Crippen molar-refractivity contribution >= 4 is 33.4 Å². The molecule has 0 aliphatic carbocycles. The van der Waals surface area contributed by atoms with Crippen molar-refractivity contribution in [2.75, 3.05) is 31.1 Å². The number of anilines is 1. The summed E-state index contributed by atoms with van der Waals surface area (Å²) < 4.78 is 22.6. The van der Waals surface area contributed by atoms with Crippen LogP contribution in [0.25, 0.3) is 32.8 Å². The number of nitrogens with zero attached hydrogens (tertiary/aromatic N) is 3. The summed E-state index contributed by atoms with van der Waals surface area (Å²) in [7, 11) is 0. The molecule has 2 atom stereocenters. The average molecular weight is 544 g/mol. The van der Waals surface area contributed by atoms with Crippen molar-refractivity contribution < 1.29 is 19.0 Å². The molecule has 8 nitrogen and oxygen atoms in total. The lowest BCUT2D eigenvalue weighted by Crippen LogP contribution is -2.51. The van der Waals surface area contributed by atoms with Gasteiger partial charge in [0.2, 0.25) is 5.91 Å². The number of hydrogen-bond donors (Lipinski definition) is 3. The topological polar surface area (TPSA) is 99.6 Å². The van der Waals surface area contributed by atoms with E-state index in [-0.39, 0.29) is 35.2 Å². The average Bonchev–Trinajstić information content (AvgIpc) is 3.27. The van der Waals surface area contributed by atoms with Crippen molar-refractivity contribution in [3.8, 4) is 22.9 Å².